The van der Waals surface area contributed by atoms with Gasteiger partial charge in [0.15, 0.2) is 5.82 Å². The third-order valence-electron chi connectivity index (χ3n) is 3.51. The molecule has 1 aliphatic heterocycles. The molecule has 0 saturated carbocycles. The van der Waals surface area contributed by atoms with Crippen molar-refractivity contribution in [2.75, 3.05) is 18.0 Å². The van der Waals surface area contributed by atoms with Crippen molar-refractivity contribution >= 4 is 38.8 Å². The third-order valence-corrected chi connectivity index (χ3v) is 4.50. The standard InChI is InChI=1S/C13H16BrFN2OS/c1-13(18)4-6-17(7-5-13)9-3-2-8(12(16)19)10(14)11(9)15/h2-3,18H,4-7H2,1H3,(H2,16,19). The number of rotatable bonds is 2. The fourth-order valence-corrected chi connectivity index (χ4v) is 3.05. The monoisotopic (exact) mass is 346 g/mol. The van der Waals surface area contributed by atoms with Crippen molar-refractivity contribution in [2.24, 2.45) is 5.73 Å². The lowest BCUT2D eigenvalue weighted by Gasteiger charge is -2.37. The largest absolute Gasteiger partial charge is 0.390 e. The second kappa shape index (κ2) is 5.34. The molecule has 1 aliphatic rings. The van der Waals surface area contributed by atoms with E-state index in [1.165, 1.54) is 0 Å². The predicted molar refractivity (Wildman–Crippen MR) is 82.1 cm³/mol. The van der Waals surface area contributed by atoms with Gasteiger partial charge in [-0.15, -0.1) is 0 Å². The van der Waals surface area contributed by atoms with E-state index in [2.05, 4.69) is 15.9 Å². The summed E-state index contributed by atoms with van der Waals surface area (Å²) < 4.78 is 14.6. The van der Waals surface area contributed by atoms with E-state index in [-0.39, 0.29) is 10.8 Å². The maximum Gasteiger partial charge on any atom is 0.161 e. The normalized spacial score (nSPS) is 18.4. The van der Waals surface area contributed by atoms with Crippen molar-refractivity contribution in [3.05, 3.63) is 28.0 Å². The first-order valence-corrected chi connectivity index (χ1v) is 7.27. The van der Waals surface area contributed by atoms with Crippen LogP contribution in [0.3, 0.4) is 0 Å². The lowest BCUT2D eigenvalue weighted by atomic mass is 9.93. The molecule has 0 radical (unpaired) electrons. The molecule has 19 heavy (non-hydrogen) atoms. The highest BCUT2D eigenvalue weighted by Crippen LogP contribution is 2.32. The van der Waals surface area contributed by atoms with Crippen LogP contribution in [0.25, 0.3) is 0 Å². The van der Waals surface area contributed by atoms with Gasteiger partial charge in [0, 0.05) is 18.7 Å². The molecule has 3 N–H and O–H groups in total. The molecule has 0 unspecified atom stereocenters. The molecule has 6 heteroatoms. The van der Waals surface area contributed by atoms with E-state index in [9.17, 15) is 9.50 Å². The van der Waals surface area contributed by atoms with Crippen LogP contribution in [-0.4, -0.2) is 28.8 Å². The van der Waals surface area contributed by atoms with Gasteiger partial charge in [0.25, 0.3) is 0 Å². The van der Waals surface area contributed by atoms with Crippen molar-refractivity contribution in [1.82, 2.24) is 0 Å². The summed E-state index contributed by atoms with van der Waals surface area (Å²) >= 11 is 8.08. The zero-order valence-corrected chi connectivity index (χ0v) is 13.0. The highest BCUT2D eigenvalue weighted by Gasteiger charge is 2.29. The molecule has 3 nitrogen and oxygen atoms in total. The molecule has 0 aliphatic carbocycles. The molecule has 0 atom stereocenters. The van der Waals surface area contributed by atoms with Gasteiger partial charge in [0.05, 0.1) is 15.8 Å². The Hall–Kier alpha value is -0.720. The van der Waals surface area contributed by atoms with E-state index < -0.39 is 5.60 Å². The van der Waals surface area contributed by atoms with Crippen LogP contribution >= 0.6 is 28.1 Å². The number of thiocarbonyl (C=S) groups is 1. The number of halogens is 2. The van der Waals surface area contributed by atoms with Gasteiger partial charge in [-0.3, -0.25) is 0 Å². The number of hydrogen-bond acceptors (Lipinski definition) is 3. The Kier molecular flexibility index (Phi) is 4.13. The Bertz CT molecular complexity index is 512. The molecule has 1 aromatic carbocycles. The van der Waals surface area contributed by atoms with Crippen molar-refractivity contribution in [3.63, 3.8) is 0 Å². The predicted octanol–water partition coefficient (Wildman–Crippen LogP) is 2.57. The molecule has 1 saturated heterocycles. The lowest BCUT2D eigenvalue weighted by Crippen LogP contribution is -2.42. The average Bonchev–Trinajstić information content (AvgIpc) is 2.33. The van der Waals surface area contributed by atoms with E-state index in [0.717, 1.165) is 0 Å². The summed E-state index contributed by atoms with van der Waals surface area (Å²) in [5.41, 5.74) is 5.90. The number of nitrogens with two attached hydrogens (primary N) is 1. The number of benzene rings is 1. The smallest absolute Gasteiger partial charge is 0.161 e. The van der Waals surface area contributed by atoms with Gasteiger partial charge >= 0.3 is 0 Å². The number of aliphatic hydroxyl groups is 1. The van der Waals surface area contributed by atoms with Crippen LogP contribution in [0.15, 0.2) is 16.6 Å². The lowest BCUT2D eigenvalue weighted by molar-refractivity contribution is 0.0350. The molecular formula is C13H16BrFN2OS. The summed E-state index contributed by atoms with van der Waals surface area (Å²) in [4.78, 5) is 2.10. The summed E-state index contributed by atoms with van der Waals surface area (Å²) in [6, 6.07) is 3.41. The molecule has 0 amide bonds. The molecule has 1 aromatic rings. The molecule has 2 rings (SSSR count). The van der Waals surface area contributed by atoms with Gasteiger partial charge in [-0.25, -0.2) is 4.39 Å². The van der Waals surface area contributed by atoms with E-state index >= 15 is 0 Å². The molecule has 1 heterocycles. The number of nitrogens with zero attached hydrogens (tertiary/aromatic N) is 1. The Labute approximate surface area is 125 Å². The topological polar surface area (TPSA) is 49.5 Å². The highest BCUT2D eigenvalue weighted by molar-refractivity contribution is 9.10. The summed E-state index contributed by atoms with van der Waals surface area (Å²) in [6.07, 6.45) is 1.25. The van der Waals surface area contributed by atoms with Crippen molar-refractivity contribution in [3.8, 4) is 0 Å². The second-order valence-corrected chi connectivity index (χ2v) is 6.34. The zero-order chi connectivity index (χ0) is 14.2. The maximum atomic E-state index is 14.3. The Morgan fingerprint density at radius 1 is 1.47 bits per heavy atom. The summed E-state index contributed by atoms with van der Waals surface area (Å²) in [7, 11) is 0. The van der Waals surface area contributed by atoms with Crippen LogP contribution in [0.4, 0.5) is 10.1 Å². The van der Waals surface area contributed by atoms with E-state index in [1.807, 2.05) is 11.8 Å². The Morgan fingerprint density at radius 3 is 2.58 bits per heavy atom. The number of piperidine rings is 1. The number of anilines is 1. The minimum Gasteiger partial charge on any atom is -0.390 e. The first kappa shape index (κ1) is 14.7. The van der Waals surface area contributed by atoms with Crippen molar-refractivity contribution < 1.29 is 9.50 Å². The molecule has 0 bridgehead atoms. The van der Waals surface area contributed by atoms with Gasteiger partial charge in [-0.2, -0.15) is 0 Å². The van der Waals surface area contributed by atoms with Crippen LogP contribution in [0.1, 0.15) is 25.3 Å². The molecule has 104 valence electrons. The minimum atomic E-state index is -0.650. The summed E-state index contributed by atoms with van der Waals surface area (Å²) in [6.45, 7) is 3.07. The SMILES string of the molecule is CC1(O)CCN(c2ccc(C(N)=S)c(Br)c2F)CC1. The van der Waals surface area contributed by atoms with Gasteiger partial charge < -0.3 is 15.7 Å². The van der Waals surface area contributed by atoms with Gasteiger partial charge in [0.2, 0.25) is 0 Å². The highest BCUT2D eigenvalue weighted by atomic mass is 79.9. The third kappa shape index (κ3) is 3.07. The average molecular weight is 347 g/mol. The number of hydrogen-bond donors (Lipinski definition) is 2. The zero-order valence-electron chi connectivity index (χ0n) is 10.6. The maximum absolute atomic E-state index is 14.3. The fourth-order valence-electron chi connectivity index (χ4n) is 2.20. The van der Waals surface area contributed by atoms with Crippen molar-refractivity contribution in [1.29, 1.82) is 0 Å². The Morgan fingerprint density at radius 2 is 2.05 bits per heavy atom. The van der Waals surface area contributed by atoms with Crippen LogP contribution in [-0.2, 0) is 0 Å². The second-order valence-electron chi connectivity index (χ2n) is 5.11. The molecule has 0 aromatic heterocycles. The van der Waals surface area contributed by atoms with Crippen LogP contribution in [0, 0.1) is 5.82 Å². The fraction of sp³-hybridized carbons (Fsp3) is 0.462. The summed E-state index contributed by atoms with van der Waals surface area (Å²) in [5.74, 6) is -0.355. The minimum absolute atomic E-state index is 0.166. The Balaban J connectivity index is 2.27. The molecular weight excluding hydrogens is 331 g/mol. The van der Waals surface area contributed by atoms with Gasteiger partial charge in [-0.1, -0.05) is 12.2 Å². The van der Waals surface area contributed by atoms with E-state index in [0.29, 0.717) is 41.7 Å². The molecule has 1 fully saturated rings. The van der Waals surface area contributed by atoms with Crippen molar-refractivity contribution in [2.45, 2.75) is 25.4 Å². The first-order valence-electron chi connectivity index (χ1n) is 6.07. The van der Waals surface area contributed by atoms with E-state index in [1.54, 1.807) is 12.1 Å². The van der Waals surface area contributed by atoms with Gasteiger partial charge in [-0.05, 0) is 47.8 Å². The van der Waals surface area contributed by atoms with Gasteiger partial charge in [0.1, 0.15) is 4.99 Å². The summed E-state index contributed by atoms with van der Waals surface area (Å²) in [5, 5.41) is 9.92. The van der Waals surface area contributed by atoms with Crippen LogP contribution in [0.5, 0.6) is 0 Å². The van der Waals surface area contributed by atoms with Crippen LogP contribution in [0.2, 0.25) is 0 Å². The van der Waals surface area contributed by atoms with Crippen LogP contribution < -0.4 is 10.6 Å². The van der Waals surface area contributed by atoms with E-state index in [4.69, 9.17) is 18.0 Å². The molecule has 0 spiro atoms. The first-order chi connectivity index (χ1) is 8.82. The quantitative estimate of drug-likeness (QED) is 0.808.